The Bertz CT molecular complexity index is 853. The van der Waals surface area contributed by atoms with E-state index in [1.807, 2.05) is 30.3 Å². The topological polar surface area (TPSA) is 49.6 Å². The number of halogens is 2. The van der Waals surface area contributed by atoms with Crippen molar-refractivity contribution in [3.63, 3.8) is 0 Å². The molecule has 0 aliphatic rings. The SMILES string of the molecule is N#Cc1c2ccccc2cc2nc(CBr)c(CBr)nc12. The standard InChI is InChI=1S/C15H9Br2N3/c16-6-13-14(7-17)20-15-11(8-18)10-4-2-1-3-9(10)5-12(15)19-13/h1-5H,6-7H2. The fourth-order valence-corrected chi connectivity index (χ4v) is 3.15. The number of hydrogen-bond acceptors (Lipinski definition) is 3. The smallest absolute Gasteiger partial charge is 0.107 e. The summed E-state index contributed by atoms with van der Waals surface area (Å²) in [7, 11) is 0. The van der Waals surface area contributed by atoms with E-state index in [-0.39, 0.29) is 0 Å². The molecule has 0 aliphatic heterocycles. The lowest BCUT2D eigenvalue weighted by Crippen LogP contribution is -2.00. The molecule has 98 valence electrons. The predicted molar refractivity (Wildman–Crippen MR) is 87.0 cm³/mol. The van der Waals surface area contributed by atoms with Crippen LogP contribution in [0.15, 0.2) is 30.3 Å². The van der Waals surface area contributed by atoms with Gasteiger partial charge in [-0.15, -0.1) is 0 Å². The molecule has 1 aromatic heterocycles. The van der Waals surface area contributed by atoms with Gasteiger partial charge in [0.15, 0.2) is 0 Å². The van der Waals surface area contributed by atoms with E-state index in [1.165, 1.54) is 0 Å². The van der Waals surface area contributed by atoms with E-state index in [2.05, 4.69) is 47.9 Å². The molecule has 1 heterocycles. The molecule has 3 nitrogen and oxygen atoms in total. The molecule has 0 radical (unpaired) electrons. The van der Waals surface area contributed by atoms with Crippen LogP contribution in [0.1, 0.15) is 17.0 Å². The number of hydrogen-bond donors (Lipinski definition) is 0. The number of alkyl halides is 2. The molecular formula is C15H9Br2N3. The maximum Gasteiger partial charge on any atom is 0.107 e. The van der Waals surface area contributed by atoms with Crippen molar-refractivity contribution in [1.29, 1.82) is 5.26 Å². The second-order valence-corrected chi connectivity index (χ2v) is 5.46. The zero-order chi connectivity index (χ0) is 14.1. The molecule has 0 bridgehead atoms. The van der Waals surface area contributed by atoms with Gasteiger partial charge in [-0.1, -0.05) is 56.1 Å². The summed E-state index contributed by atoms with van der Waals surface area (Å²) in [6, 6.07) is 12.1. The number of nitriles is 1. The second-order valence-electron chi connectivity index (χ2n) is 4.34. The van der Waals surface area contributed by atoms with Gasteiger partial charge in [-0.3, -0.25) is 0 Å². The Morgan fingerprint density at radius 2 is 1.75 bits per heavy atom. The fourth-order valence-electron chi connectivity index (χ4n) is 2.26. The molecular weight excluding hydrogens is 382 g/mol. The summed E-state index contributed by atoms with van der Waals surface area (Å²) < 4.78 is 0. The van der Waals surface area contributed by atoms with Gasteiger partial charge in [0.1, 0.15) is 11.6 Å². The first-order valence-electron chi connectivity index (χ1n) is 6.01. The molecule has 3 rings (SSSR count). The Labute approximate surface area is 132 Å². The lowest BCUT2D eigenvalue weighted by atomic mass is 10.0. The maximum absolute atomic E-state index is 9.48. The van der Waals surface area contributed by atoms with Gasteiger partial charge in [0.05, 0.1) is 22.5 Å². The zero-order valence-corrected chi connectivity index (χ0v) is 13.6. The molecule has 0 amide bonds. The summed E-state index contributed by atoms with van der Waals surface area (Å²) in [5.41, 5.74) is 3.79. The van der Waals surface area contributed by atoms with E-state index in [9.17, 15) is 5.26 Å². The largest absolute Gasteiger partial charge is 0.248 e. The lowest BCUT2D eigenvalue weighted by molar-refractivity contribution is 1.08. The van der Waals surface area contributed by atoms with Crippen molar-refractivity contribution < 1.29 is 0 Å². The highest BCUT2D eigenvalue weighted by Gasteiger charge is 2.13. The average molecular weight is 391 g/mol. The van der Waals surface area contributed by atoms with Gasteiger partial charge in [0.25, 0.3) is 0 Å². The van der Waals surface area contributed by atoms with Crippen molar-refractivity contribution in [1.82, 2.24) is 9.97 Å². The van der Waals surface area contributed by atoms with E-state index in [0.717, 1.165) is 27.7 Å². The van der Waals surface area contributed by atoms with Gasteiger partial charge in [0, 0.05) is 16.0 Å². The van der Waals surface area contributed by atoms with Crippen molar-refractivity contribution in [3.8, 4) is 6.07 Å². The van der Waals surface area contributed by atoms with Crippen molar-refractivity contribution in [2.75, 3.05) is 0 Å². The summed E-state index contributed by atoms with van der Waals surface area (Å²) in [5.74, 6) is 0. The third kappa shape index (κ3) is 2.09. The van der Waals surface area contributed by atoms with E-state index >= 15 is 0 Å². The van der Waals surface area contributed by atoms with Gasteiger partial charge in [0.2, 0.25) is 0 Å². The minimum atomic E-state index is 0.592. The third-order valence-corrected chi connectivity index (χ3v) is 4.26. The van der Waals surface area contributed by atoms with Crippen LogP contribution in [0.2, 0.25) is 0 Å². The summed E-state index contributed by atoms with van der Waals surface area (Å²) in [4.78, 5) is 9.26. The van der Waals surface area contributed by atoms with Gasteiger partial charge in [-0.25, -0.2) is 9.97 Å². The summed E-state index contributed by atoms with van der Waals surface area (Å²) >= 11 is 6.86. The molecule has 5 heteroatoms. The molecule has 0 aliphatic carbocycles. The summed E-state index contributed by atoms with van der Waals surface area (Å²) in [5, 5.41) is 12.7. The van der Waals surface area contributed by atoms with E-state index in [4.69, 9.17) is 0 Å². The summed E-state index contributed by atoms with van der Waals surface area (Å²) in [6.07, 6.45) is 0. The first kappa shape index (κ1) is 13.5. The van der Waals surface area contributed by atoms with E-state index in [0.29, 0.717) is 21.7 Å². The number of benzene rings is 2. The van der Waals surface area contributed by atoms with Gasteiger partial charge in [-0.2, -0.15) is 5.26 Å². The van der Waals surface area contributed by atoms with Crippen LogP contribution in [0.3, 0.4) is 0 Å². The highest BCUT2D eigenvalue weighted by Crippen LogP contribution is 2.27. The average Bonchev–Trinajstić information content (AvgIpc) is 2.51. The summed E-state index contributed by atoms with van der Waals surface area (Å²) in [6.45, 7) is 0. The predicted octanol–water partition coefficient (Wildman–Crippen LogP) is 4.44. The monoisotopic (exact) mass is 389 g/mol. The van der Waals surface area contributed by atoms with Crippen LogP contribution in [-0.4, -0.2) is 9.97 Å². The normalized spacial score (nSPS) is 10.8. The van der Waals surface area contributed by atoms with Gasteiger partial charge in [-0.05, 0) is 11.5 Å². The quantitative estimate of drug-likeness (QED) is 0.480. The molecule has 20 heavy (non-hydrogen) atoms. The maximum atomic E-state index is 9.48. The Balaban J connectivity index is 2.49. The highest BCUT2D eigenvalue weighted by molar-refractivity contribution is 9.09. The van der Waals surface area contributed by atoms with Crippen LogP contribution in [0.4, 0.5) is 0 Å². The number of nitrogens with zero attached hydrogens (tertiary/aromatic N) is 3. The van der Waals surface area contributed by atoms with Crippen molar-refractivity contribution >= 4 is 53.7 Å². The van der Waals surface area contributed by atoms with Crippen LogP contribution in [0, 0.1) is 11.3 Å². The van der Waals surface area contributed by atoms with Crippen molar-refractivity contribution in [2.45, 2.75) is 10.7 Å². The first-order valence-corrected chi connectivity index (χ1v) is 8.26. The van der Waals surface area contributed by atoms with Crippen LogP contribution in [-0.2, 0) is 10.7 Å². The van der Waals surface area contributed by atoms with Crippen LogP contribution < -0.4 is 0 Å². The first-order chi connectivity index (χ1) is 9.78. The Kier molecular flexibility index (Phi) is 3.68. The van der Waals surface area contributed by atoms with Crippen molar-refractivity contribution in [2.24, 2.45) is 0 Å². The van der Waals surface area contributed by atoms with Crippen molar-refractivity contribution in [3.05, 3.63) is 47.3 Å². The van der Waals surface area contributed by atoms with Gasteiger partial charge >= 0.3 is 0 Å². The van der Waals surface area contributed by atoms with Crippen LogP contribution in [0.5, 0.6) is 0 Å². The Morgan fingerprint density at radius 3 is 2.45 bits per heavy atom. The van der Waals surface area contributed by atoms with Crippen LogP contribution >= 0.6 is 31.9 Å². The molecule has 3 aromatic rings. The van der Waals surface area contributed by atoms with E-state index in [1.54, 1.807) is 0 Å². The highest BCUT2D eigenvalue weighted by atomic mass is 79.9. The molecule has 0 N–H and O–H groups in total. The fraction of sp³-hybridized carbons (Fsp3) is 0.133. The number of fused-ring (bicyclic) bond motifs is 2. The third-order valence-electron chi connectivity index (χ3n) is 3.20. The molecule has 0 unspecified atom stereocenters. The molecule has 0 spiro atoms. The Hall–Kier alpha value is -1.51. The molecule has 0 saturated heterocycles. The second kappa shape index (κ2) is 5.47. The lowest BCUT2D eigenvalue weighted by Gasteiger charge is -2.09. The minimum absolute atomic E-state index is 0.592. The molecule has 2 aromatic carbocycles. The number of aromatic nitrogens is 2. The molecule has 0 atom stereocenters. The van der Waals surface area contributed by atoms with E-state index < -0.39 is 0 Å². The minimum Gasteiger partial charge on any atom is -0.248 e. The molecule has 0 fully saturated rings. The van der Waals surface area contributed by atoms with Crippen LogP contribution in [0.25, 0.3) is 21.8 Å². The zero-order valence-electron chi connectivity index (χ0n) is 10.4. The molecule has 0 saturated carbocycles. The Morgan fingerprint density at radius 1 is 1.05 bits per heavy atom. The van der Waals surface area contributed by atoms with Gasteiger partial charge < -0.3 is 0 Å². The number of rotatable bonds is 2.